The average Bonchev–Trinajstić information content (AvgIpc) is 2.92. The molecule has 1 aliphatic rings. The van der Waals surface area contributed by atoms with Gasteiger partial charge in [0.25, 0.3) is 0 Å². The summed E-state index contributed by atoms with van der Waals surface area (Å²) >= 11 is 3.56. The largest absolute Gasteiger partial charge is 0.481 e. The number of rotatable bonds is 4. The van der Waals surface area contributed by atoms with Crippen LogP contribution in [-0.4, -0.2) is 0 Å². The molecule has 0 aliphatic carbocycles. The number of hydrogen-bond donors (Lipinski definition) is 1. The van der Waals surface area contributed by atoms with Crippen molar-refractivity contribution >= 4 is 27.7 Å². The third kappa shape index (κ3) is 2.80. The normalized spacial score (nSPS) is 15.7. The van der Waals surface area contributed by atoms with Gasteiger partial charge < -0.3 is 10.5 Å². The minimum atomic E-state index is -0.215. The van der Waals surface area contributed by atoms with Crippen LogP contribution in [0.3, 0.4) is 0 Å². The maximum absolute atomic E-state index is 6.77. The van der Waals surface area contributed by atoms with Gasteiger partial charge in [0.1, 0.15) is 11.4 Å². The number of aryl methyl sites for hydroxylation is 1. The Labute approximate surface area is 147 Å². The van der Waals surface area contributed by atoms with Crippen molar-refractivity contribution in [3.05, 3.63) is 22.1 Å². The van der Waals surface area contributed by atoms with Crippen molar-refractivity contribution in [2.75, 3.05) is 5.73 Å². The maximum atomic E-state index is 6.77. The number of nitrogens with two attached hydrogens (primary N) is 1. The van der Waals surface area contributed by atoms with Gasteiger partial charge in [-0.15, -0.1) is 22.7 Å². The maximum Gasteiger partial charge on any atom is 0.145 e. The van der Waals surface area contributed by atoms with Gasteiger partial charge in [-0.05, 0) is 44.6 Å². The summed E-state index contributed by atoms with van der Waals surface area (Å²) in [5.41, 5.74) is 8.50. The van der Waals surface area contributed by atoms with E-state index in [2.05, 4.69) is 47.6 Å². The molecule has 0 unspecified atom stereocenters. The lowest BCUT2D eigenvalue weighted by atomic mass is 9.78. The summed E-state index contributed by atoms with van der Waals surface area (Å²) in [7, 11) is 0. The van der Waals surface area contributed by atoms with Crippen LogP contribution >= 0.6 is 22.7 Å². The van der Waals surface area contributed by atoms with E-state index in [1.54, 1.807) is 11.3 Å². The lowest BCUT2D eigenvalue weighted by Crippen LogP contribution is -2.38. The molecule has 2 aromatic heterocycles. The van der Waals surface area contributed by atoms with Crippen molar-refractivity contribution in [2.45, 2.75) is 60.0 Å². The van der Waals surface area contributed by atoms with E-state index in [1.807, 2.05) is 11.3 Å². The van der Waals surface area contributed by atoms with E-state index < -0.39 is 0 Å². The topological polar surface area (TPSA) is 35.2 Å². The predicted molar refractivity (Wildman–Crippen MR) is 103 cm³/mol. The summed E-state index contributed by atoms with van der Waals surface area (Å²) in [6, 6.07) is 2.35. The predicted octanol–water partition coefficient (Wildman–Crippen LogP) is 6.36. The first-order chi connectivity index (χ1) is 10.7. The SMILES string of the molecule is Cc1cc2c(s1)-c1sc(N)c(C)c1OC2(CC(C)C)CC(C)C. The Morgan fingerprint density at radius 2 is 1.65 bits per heavy atom. The molecule has 0 atom stereocenters. The summed E-state index contributed by atoms with van der Waals surface area (Å²) in [6.45, 7) is 13.4. The first-order valence-corrected chi connectivity index (χ1v) is 10.1. The van der Waals surface area contributed by atoms with Crippen LogP contribution in [0.1, 0.15) is 56.5 Å². The van der Waals surface area contributed by atoms with E-state index in [1.165, 1.54) is 20.2 Å². The molecule has 2 aromatic rings. The summed E-state index contributed by atoms with van der Waals surface area (Å²) in [5.74, 6) is 2.20. The highest BCUT2D eigenvalue weighted by Gasteiger charge is 2.44. The van der Waals surface area contributed by atoms with E-state index in [0.717, 1.165) is 29.2 Å². The summed E-state index contributed by atoms with van der Waals surface area (Å²) in [5, 5.41) is 0.886. The molecule has 2 nitrogen and oxygen atoms in total. The summed E-state index contributed by atoms with van der Waals surface area (Å²) < 4.78 is 6.77. The first-order valence-electron chi connectivity index (χ1n) is 8.42. The molecule has 0 amide bonds. The lowest BCUT2D eigenvalue weighted by molar-refractivity contribution is 0.0203. The zero-order valence-electron chi connectivity index (χ0n) is 14.9. The smallest absolute Gasteiger partial charge is 0.145 e. The number of anilines is 1. The molecule has 2 N–H and O–H groups in total. The van der Waals surface area contributed by atoms with Crippen molar-refractivity contribution in [2.24, 2.45) is 11.8 Å². The zero-order valence-corrected chi connectivity index (χ0v) is 16.6. The van der Waals surface area contributed by atoms with Crippen LogP contribution in [0.25, 0.3) is 9.75 Å². The molecule has 0 radical (unpaired) electrons. The van der Waals surface area contributed by atoms with Gasteiger partial charge in [-0.3, -0.25) is 0 Å². The molecule has 4 heteroatoms. The minimum Gasteiger partial charge on any atom is -0.481 e. The number of hydrogen-bond acceptors (Lipinski definition) is 4. The molecule has 0 fully saturated rings. The molecule has 23 heavy (non-hydrogen) atoms. The van der Waals surface area contributed by atoms with Crippen LogP contribution in [0, 0.1) is 25.7 Å². The van der Waals surface area contributed by atoms with E-state index in [0.29, 0.717) is 11.8 Å². The fraction of sp³-hybridized carbons (Fsp3) is 0.579. The molecular formula is C19H27NOS2. The van der Waals surface area contributed by atoms with Gasteiger partial charge in [0, 0.05) is 16.0 Å². The second-order valence-corrected chi connectivity index (χ2v) is 9.95. The van der Waals surface area contributed by atoms with Gasteiger partial charge in [0.05, 0.1) is 14.8 Å². The molecular weight excluding hydrogens is 322 g/mol. The van der Waals surface area contributed by atoms with Gasteiger partial charge in [-0.1, -0.05) is 27.7 Å². The van der Waals surface area contributed by atoms with Crippen LogP contribution in [-0.2, 0) is 5.60 Å². The van der Waals surface area contributed by atoms with E-state index in [4.69, 9.17) is 10.5 Å². The Kier molecular flexibility index (Phi) is 4.26. The van der Waals surface area contributed by atoms with E-state index in [-0.39, 0.29) is 5.60 Å². The van der Waals surface area contributed by atoms with Crippen LogP contribution < -0.4 is 10.5 Å². The van der Waals surface area contributed by atoms with Gasteiger partial charge in [-0.25, -0.2) is 0 Å². The average molecular weight is 350 g/mol. The highest BCUT2D eigenvalue weighted by Crippen LogP contribution is 2.58. The Balaban J connectivity index is 2.23. The van der Waals surface area contributed by atoms with Gasteiger partial charge in [0.15, 0.2) is 0 Å². The van der Waals surface area contributed by atoms with Crippen molar-refractivity contribution in [3.63, 3.8) is 0 Å². The minimum absolute atomic E-state index is 0.215. The number of fused-ring (bicyclic) bond motifs is 3. The fourth-order valence-electron chi connectivity index (χ4n) is 3.76. The molecule has 126 valence electrons. The highest BCUT2D eigenvalue weighted by atomic mass is 32.1. The van der Waals surface area contributed by atoms with Gasteiger partial charge >= 0.3 is 0 Å². The Bertz CT molecular complexity index is 714. The Morgan fingerprint density at radius 3 is 2.22 bits per heavy atom. The molecule has 3 heterocycles. The van der Waals surface area contributed by atoms with Crippen LogP contribution in [0.15, 0.2) is 6.07 Å². The van der Waals surface area contributed by atoms with Crippen LogP contribution in [0.4, 0.5) is 5.00 Å². The van der Waals surface area contributed by atoms with Crippen LogP contribution in [0.5, 0.6) is 5.75 Å². The molecule has 1 aliphatic heterocycles. The van der Waals surface area contributed by atoms with Crippen LogP contribution in [0.2, 0.25) is 0 Å². The second-order valence-electron chi connectivity index (χ2n) is 7.64. The first kappa shape index (κ1) is 16.8. The molecule has 0 aromatic carbocycles. The number of ether oxygens (including phenoxy) is 1. The number of nitrogen functional groups attached to an aromatic ring is 1. The van der Waals surface area contributed by atoms with Gasteiger partial charge in [-0.2, -0.15) is 0 Å². The van der Waals surface area contributed by atoms with E-state index >= 15 is 0 Å². The molecule has 0 bridgehead atoms. The molecule has 0 saturated heterocycles. The standard InChI is InChI=1S/C19H27NOS2/c1-10(2)8-19(9-11(3)4)14-7-12(5)22-16(14)17-15(21-19)13(6)18(20)23-17/h7,10-11H,8-9,20H2,1-6H3. The van der Waals surface area contributed by atoms with Crippen molar-refractivity contribution in [3.8, 4) is 15.5 Å². The quantitative estimate of drug-likeness (QED) is 0.697. The monoisotopic (exact) mass is 349 g/mol. The summed E-state index contributed by atoms with van der Waals surface area (Å²) in [4.78, 5) is 3.97. The molecule has 3 rings (SSSR count). The lowest BCUT2D eigenvalue weighted by Gasteiger charge is -2.40. The van der Waals surface area contributed by atoms with Gasteiger partial charge in [0.2, 0.25) is 0 Å². The van der Waals surface area contributed by atoms with Crippen molar-refractivity contribution in [1.82, 2.24) is 0 Å². The van der Waals surface area contributed by atoms with Crippen molar-refractivity contribution < 1.29 is 4.74 Å². The number of thiophene rings is 2. The third-order valence-corrected chi connectivity index (χ3v) is 6.77. The van der Waals surface area contributed by atoms with E-state index in [9.17, 15) is 0 Å². The third-order valence-electron chi connectivity index (χ3n) is 4.45. The van der Waals surface area contributed by atoms with Crippen molar-refractivity contribution in [1.29, 1.82) is 0 Å². The Morgan fingerprint density at radius 1 is 1.04 bits per heavy atom. The second kappa shape index (κ2) is 5.82. The summed E-state index contributed by atoms with van der Waals surface area (Å²) in [6.07, 6.45) is 2.09. The molecule has 0 saturated carbocycles. The zero-order chi connectivity index (χ0) is 16.9. The Hall–Kier alpha value is -1.00. The molecule has 0 spiro atoms. The fourth-order valence-corrected chi connectivity index (χ4v) is 6.01. The highest BCUT2D eigenvalue weighted by molar-refractivity contribution is 7.24.